The average Bonchev–Trinajstić information content (AvgIpc) is 2.19. The van der Waals surface area contributed by atoms with Crippen LogP contribution in [0, 0.1) is 14.0 Å². The molecule has 0 amide bonds. The van der Waals surface area contributed by atoms with Crippen molar-refractivity contribution >= 4 is 19.4 Å². The van der Waals surface area contributed by atoms with Gasteiger partial charge in [-0.2, -0.15) is 6.08 Å². The first-order chi connectivity index (χ1) is 4.72. The molecule has 1 heterocycles. The zero-order valence-electron chi connectivity index (χ0n) is 6.74. The Balaban J connectivity index is 0. The molecule has 5 heteroatoms. The molecule has 0 saturated heterocycles. The molecule has 1 rings (SSSR count). The molecule has 11 heavy (non-hydrogen) atoms. The van der Waals surface area contributed by atoms with Crippen LogP contribution < -0.4 is 0 Å². The van der Waals surface area contributed by atoms with E-state index in [2.05, 4.69) is 0 Å². The van der Waals surface area contributed by atoms with Crippen LogP contribution in [0.15, 0.2) is 12.3 Å². The van der Waals surface area contributed by atoms with Crippen LogP contribution in [0.4, 0.5) is 0 Å². The van der Waals surface area contributed by atoms with E-state index in [4.69, 9.17) is 19.4 Å². The normalized spacial score (nSPS) is 14.7. The van der Waals surface area contributed by atoms with Crippen molar-refractivity contribution in [2.45, 2.75) is 0 Å². The van der Waals surface area contributed by atoms with Gasteiger partial charge in [0.05, 0.1) is 0 Å². The number of halogens is 2. The van der Waals surface area contributed by atoms with Crippen molar-refractivity contribution in [2.24, 2.45) is 0 Å². The van der Waals surface area contributed by atoms with Crippen LogP contribution in [0.1, 0.15) is 0 Å². The first-order valence-corrected chi connectivity index (χ1v) is 7.02. The van der Waals surface area contributed by atoms with Gasteiger partial charge in [-0.05, 0) is 7.05 Å². The van der Waals surface area contributed by atoms with E-state index in [0.29, 0.717) is 0 Å². The molecule has 0 aromatic heterocycles. The SMILES string of the molecule is CN1C=C[CH-]N1C.[CH3-].[Cl][Ru+2][Cl]. The van der Waals surface area contributed by atoms with E-state index in [9.17, 15) is 0 Å². The van der Waals surface area contributed by atoms with Gasteiger partial charge in [0.1, 0.15) is 0 Å². The summed E-state index contributed by atoms with van der Waals surface area (Å²) in [4.78, 5) is 0. The van der Waals surface area contributed by atoms with Crippen LogP contribution in [0.2, 0.25) is 0 Å². The third kappa shape index (κ3) is 6.95. The summed E-state index contributed by atoms with van der Waals surface area (Å²) in [5, 5.41) is 4.00. The Morgan fingerprint density at radius 2 is 1.82 bits per heavy atom. The molecule has 0 radical (unpaired) electrons. The van der Waals surface area contributed by atoms with E-state index in [-0.39, 0.29) is 22.6 Å². The van der Waals surface area contributed by atoms with Crippen LogP contribution in [0.25, 0.3) is 0 Å². The maximum atomic E-state index is 4.85. The minimum atomic E-state index is -0.346. The molecule has 0 atom stereocenters. The Morgan fingerprint density at radius 3 is 1.91 bits per heavy atom. The van der Waals surface area contributed by atoms with Crippen molar-refractivity contribution in [2.75, 3.05) is 14.1 Å². The monoisotopic (exact) mass is 284 g/mol. The predicted molar refractivity (Wildman–Crippen MR) is 47.1 cm³/mol. The number of hydrazine groups is 1. The number of nitrogens with zero attached hydrogens (tertiary/aromatic N) is 2. The number of hydrogen-bond donors (Lipinski definition) is 0. The molecule has 0 fully saturated rings. The Morgan fingerprint density at radius 1 is 1.36 bits per heavy atom. The number of likely N-dealkylation sites (N-methyl/N-ethyl adjacent to an activating group) is 1. The summed E-state index contributed by atoms with van der Waals surface area (Å²) in [5.41, 5.74) is 0. The summed E-state index contributed by atoms with van der Waals surface area (Å²) < 4.78 is 0. The van der Waals surface area contributed by atoms with Crippen LogP contribution in [-0.2, 0) is 15.1 Å². The number of hydrogen-bond acceptors (Lipinski definition) is 2. The average molecular weight is 284 g/mol. The van der Waals surface area contributed by atoms with Gasteiger partial charge in [0.2, 0.25) is 0 Å². The third-order valence-corrected chi connectivity index (χ3v) is 1.10. The molecule has 2 nitrogen and oxygen atoms in total. The fourth-order valence-corrected chi connectivity index (χ4v) is 0.498. The van der Waals surface area contributed by atoms with Gasteiger partial charge in [0.25, 0.3) is 0 Å². The van der Waals surface area contributed by atoms with Crippen molar-refractivity contribution in [1.82, 2.24) is 10.0 Å². The van der Waals surface area contributed by atoms with Crippen LogP contribution >= 0.6 is 19.4 Å². The molecule has 68 valence electrons. The Hall–Kier alpha value is 0.573. The number of rotatable bonds is 0. The Labute approximate surface area is 84.8 Å². The van der Waals surface area contributed by atoms with E-state index in [1.165, 1.54) is 0 Å². The predicted octanol–water partition coefficient (Wildman–Crippen LogP) is 2.28. The van der Waals surface area contributed by atoms with E-state index in [1.54, 1.807) is 0 Å². The fraction of sp³-hybridized carbons (Fsp3) is 0.333. The van der Waals surface area contributed by atoms with Crippen molar-refractivity contribution < 1.29 is 15.1 Å². The molecule has 0 bridgehead atoms. The van der Waals surface area contributed by atoms with Gasteiger partial charge >= 0.3 is 34.5 Å². The van der Waals surface area contributed by atoms with E-state index in [1.807, 2.05) is 42.9 Å². The molecule has 0 N–H and O–H groups in total. The van der Waals surface area contributed by atoms with Gasteiger partial charge < -0.3 is 12.4 Å². The first kappa shape index (κ1) is 14.1. The molecule has 0 aromatic rings. The standard InChI is InChI=1S/C5H9N2.CH3.2ClH.Ru/c1-6-4-3-5-7(6)2;;;;/h3-5H,1-2H3;1H3;2*1H;/q2*-1;;;+4/p-2. The molecular weight excluding hydrogens is 272 g/mol. The van der Waals surface area contributed by atoms with Gasteiger partial charge in [-0.1, -0.05) is 0 Å². The van der Waals surface area contributed by atoms with E-state index in [0.717, 1.165) is 0 Å². The molecule has 1 aliphatic heterocycles. The third-order valence-electron chi connectivity index (χ3n) is 1.10. The molecular formula is C6H12Cl2N2Ru. The second kappa shape index (κ2) is 8.67. The summed E-state index contributed by atoms with van der Waals surface area (Å²) >= 11 is -0.346. The summed E-state index contributed by atoms with van der Waals surface area (Å²) in [6.45, 7) is 2.00. The van der Waals surface area contributed by atoms with Crippen molar-refractivity contribution in [3.63, 3.8) is 0 Å². The Kier molecular flexibility index (Phi) is 11.1. The molecule has 0 aliphatic carbocycles. The van der Waals surface area contributed by atoms with Crippen molar-refractivity contribution in [3.05, 3.63) is 26.2 Å². The quantitative estimate of drug-likeness (QED) is 0.497. The van der Waals surface area contributed by atoms with Crippen molar-refractivity contribution in [1.29, 1.82) is 0 Å². The Bertz CT molecular complexity index is 111. The molecule has 0 aromatic carbocycles. The van der Waals surface area contributed by atoms with Crippen molar-refractivity contribution in [3.8, 4) is 0 Å². The molecule has 0 spiro atoms. The zero-order chi connectivity index (χ0) is 7.98. The van der Waals surface area contributed by atoms with Gasteiger partial charge in [0, 0.05) is 7.05 Å². The van der Waals surface area contributed by atoms with Gasteiger partial charge in [-0.3, -0.25) is 5.01 Å². The molecule has 0 unspecified atom stereocenters. The van der Waals surface area contributed by atoms with Gasteiger partial charge in [-0.15, -0.1) is 12.7 Å². The molecule has 1 aliphatic rings. The van der Waals surface area contributed by atoms with Crippen LogP contribution in [0.3, 0.4) is 0 Å². The fourth-order valence-electron chi connectivity index (χ4n) is 0.498. The summed E-state index contributed by atoms with van der Waals surface area (Å²) in [5.74, 6) is 0. The summed E-state index contributed by atoms with van der Waals surface area (Å²) in [7, 11) is 13.7. The molecule has 0 saturated carbocycles. The second-order valence-electron chi connectivity index (χ2n) is 1.69. The van der Waals surface area contributed by atoms with Gasteiger partial charge in [-0.25, -0.2) is 0 Å². The maximum absolute atomic E-state index is 4.85. The zero-order valence-corrected chi connectivity index (χ0v) is 9.99. The first-order valence-electron chi connectivity index (χ1n) is 2.54. The van der Waals surface area contributed by atoms with E-state index >= 15 is 0 Å². The topological polar surface area (TPSA) is 6.48 Å². The summed E-state index contributed by atoms with van der Waals surface area (Å²) in [6.07, 6.45) is 4.00. The second-order valence-corrected chi connectivity index (χ2v) is 4.33. The van der Waals surface area contributed by atoms with Crippen LogP contribution in [0.5, 0.6) is 0 Å². The van der Waals surface area contributed by atoms with Crippen LogP contribution in [-0.4, -0.2) is 24.1 Å². The summed E-state index contributed by atoms with van der Waals surface area (Å²) in [6, 6.07) is 0. The van der Waals surface area contributed by atoms with E-state index < -0.39 is 0 Å². The van der Waals surface area contributed by atoms with Gasteiger partial charge in [0.15, 0.2) is 0 Å². The minimum absolute atomic E-state index is 0.